The molecule has 1 aromatic heterocycles. The highest BCUT2D eigenvalue weighted by Gasteiger charge is 2.10. The maximum absolute atomic E-state index is 13.4. The zero-order valence-corrected chi connectivity index (χ0v) is 20.1. The number of benzene rings is 3. The van der Waals surface area contributed by atoms with Gasteiger partial charge in [-0.15, -0.1) is 0 Å². The van der Waals surface area contributed by atoms with E-state index in [9.17, 15) is 4.39 Å². The van der Waals surface area contributed by atoms with E-state index in [-0.39, 0.29) is 25.6 Å². The molecule has 7 nitrogen and oxygen atoms in total. The molecule has 4 rings (SSSR count). The summed E-state index contributed by atoms with van der Waals surface area (Å²) in [5, 5.41) is 17.4. The van der Waals surface area contributed by atoms with Crippen molar-refractivity contribution < 1.29 is 19.1 Å². The van der Waals surface area contributed by atoms with Gasteiger partial charge in [-0.25, -0.2) is 14.4 Å². The van der Waals surface area contributed by atoms with Gasteiger partial charge in [-0.05, 0) is 66.9 Å². The molecule has 0 radical (unpaired) electrons. The number of aromatic nitrogens is 2. The Bertz CT molecular complexity index is 1470. The number of nitrogens with one attached hydrogen (secondary N) is 1. The third-order valence-electron chi connectivity index (χ3n) is 4.97. The predicted molar refractivity (Wildman–Crippen MR) is 138 cm³/mol. The minimum atomic E-state index is -0.320. The first-order valence-electron chi connectivity index (χ1n) is 11.0. The molecule has 36 heavy (non-hydrogen) atoms. The fraction of sp³-hybridized carbons (Fsp3) is 0.148. The van der Waals surface area contributed by atoms with Gasteiger partial charge in [-0.3, -0.25) is 0 Å². The van der Waals surface area contributed by atoms with Crippen LogP contribution in [0, 0.1) is 17.7 Å². The van der Waals surface area contributed by atoms with Gasteiger partial charge in [-0.2, -0.15) is 0 Å². The molecule has 0 saturated carbocycles. The first-order valence-corrected chi connectivity index (χ1v) is 11.4. The maximum atomic E-state index is 13.4. The Morgan fingerprint density at radius 1 is 1.14 bits per heavy atom. The van der Waals surface area contributed by atoms with Gasteiger partial charge in [0.2, 0.25) is 0 Å². The molecule has 182 valence electrons. The molecule has 4 aromatic rings. The van der Waals surface area contributed by atoms with Crippen LogP contribution >= 0.6 is 11.6 Å². The number of fused-ring (bicyclic) bond motifs is 1. The summed E-state index contributed by atoms with van der Waals surface area (Å²) in [6, 6.07) is 17.0. The van der Waals surface area contributed by atoms with E-state index in [2.05, 4.69) is 32.3 Å². The normalized spacial score (nSPS) is 11.1. The largest absolute Gasteiger partial charge is 0.487 e. The average molecular weight is 505 g/mol. The van der Waals surface area contributed by atoms with Crippen LogP contribution in [-0.4, -0.2) is 34.0 Å². The predicted octanol–water partition coefficient (Wildman–Crippen LogP) is 5.48. The quantitative estimate of drug-likeness (QED) is 0.136. The number of halogens is 2. The van der Waals surface area contributed by atoms with Gasteiger partial charge in [0.25, 0.3) is 0 Å². The maximum Gasteiger partial charge on any atom is 0.159 e. The van der Waals surface area contributed by atoms with Crippen molar-refractivity contribution in [3.8, 4) is 17.6 Å². The van der Waals surface area contributed by atoms with Crippen molar-refractivity contribution in [1.29, 1.82) is 0 Å². The van der Waals surface area contributed by atoms with Gasteiger partial charge in [0.1, 0.15) is 36.9 Å². The summed E-state index contributed by atoms with van der Waals surface area (Å²) in [6.45, 7) is 1.82. The van der Waals surface area contributed by atoms with E-state index in [0.29, 0.717) is 39.1 Å². The topological polar surface area (TPSA) is 88.9 Å². The smallest absolute Gasteiger partial charge is 0.159 e. The van der Waals surface area contributed by atoms with Gasteiger partial charge in [0.05, 0.1) is 17.1 Å². The van der Waals surface area contributed by atoms with E-state index in [1.54, 1.807) is 31.2 Å². The van der Waals surface area contributed by atoms with Crippen molar-refractivity contribution >= 4 is 39.7 Å². The zero-order valence-electron chi connectivity index (χ0n) is 19.3. The summed E-state index contributed by atoms with van der Waals surface area (Å²) in [7, 11) is 0. The Morgan fingerprint density at radius 2 is 2.03 bits per heavy atom. The number of hydrogen-bond donors (Lipinski definition) is 2. The summed E-state index contributed by atoms with van der Waals surface area (Å²) in [5.41, 5.74) is 3.25. The van der Waals surface area contributed by atoms with Crippen LogP contribution in [0.1, 0.15) is 18.1 Å². The summed E-state index contributed by atoms with van der Waals surface area (Å²) in [6.07, 6.45) is 1.47. The molecule has 3 aromatic carbocycles. The van der Waals surface area contributed by atoms with Crippen LogP contribution in [0.2, 0.25) is 5.02 Å². The Balaban J connectivity index is 1.56. The number of ether oxygens (including phenoxy) is 1. The van der Waals surface area contributed by atoms with Crippen molar-refractivity contribution in [2.45, 2.75) is 13.5 Å². The van der Waals surface area contributed by atoms with Gasteiger partial charge >= 0.3 is 0 Å². The van der Waals surface area contributed by atoms with E-state index < -0.39 is 0 Å². The molecule has 0 aliphatic carbocycles. The molecule has 0 aliphatic rings. The Labute approximate surface area is 212 Å². The van der Waals surface area contributed by atoms with E-state index in [1.165, 1.54) is 18.5 Å². The Kier molecular flexibility index (Phi) is 8.29. The monoisotopic (exact) mass is 504 g/mol. The first kappa shape index (κ1) is 24.9. The van der Waals surface area contributed by atoms with Crippen molar-refractivity contribution in [3.05, 3.63) is 89.0 Å². The minimum Gasteiger partial charge on any atom is -0.487 e. The number of rotatable bonds is 9. The second-order valence-electron chi connectivity index (χ2n) is 7.51. The fourth-order valence-electron chi connectivity index (χ4n) is 3.34. The number of aliphatic hydroxyl groups is 1. The lowest BCUT2D eigenvalue weighted by molar-refractivity contribution is 0.0990. The van der Waals surface area contributed by atoms with Crippen molar-refractivity contribution in [3.63, 3.8) is 0 Å². The van der Waals surface area contributed by atoms with Crippen LogP contribution in [0.3, 0.4) is 0 Å². The fourth-order valence-corrected chi connectivity index (χ4v) is 3.58. The standard InChI is InChI=1S/C27H22ClFN4O3/c1-2-4-24(33-36-12-11-34)19-7-9-25-22(14-19)27(31-17-30-25)32-21-8-10-26(23(28)15-21)35-16-18-5-3-6-20(29)13-18/h3,5-10,13-15,17,34H,11-12,16H2,1H3,(H,30,31,32). The number of hydrogen-bond acceptors (Lipinski definition) is 7. The SMILES string of the molecule is CC#CC(=NOCCO)c1ccc2ncnc(Nc3ccc(OCc4cccc(F)c4)c(Cl)c3)c2c1. The molecule has 0 spiro atoms. The second kappa shape index (κ2) is 12.0. The van der Waals surface area contributed by atoms with Crippen LogP contribution in [0.5, 0.6) is 5.75 Å². The number of nitrogens with zero attached hydrogens (tertiary/aromatic N) is 3. The lowest BCUT2D eigenvalue weighted by atomic mass is 10.1. The van der Waals surface area contributed by atoms with Gasteiger partial charge in [0.15, 0.2) is 5.71 Å². The minimum absolute atomic E-state index is 0.0705. The molecular weight excluding hydrogens is 483 g/mol. The number of oxime groups is 1. The molecular formula is C27H22ClFN4O3. The molecule has 0 fully saturated rings. The summed E-state index contributed by atoms with van der Waals surface area (Å²) in [5.74, 6) is 6.44. The van der Waals surface area contributed by atoms with Crippen LogP contribution in [0.15, 0.2) is 72.1 Å². The Hall–Kier alpha value is -4.19. The highest BCUT2D eigenvalue weighted by molar-refractivity contribution is 6.32. The van der Waals surface area contributed by atoms with Crippen molar-refractivity contribution in [1.82, 2.24) is 9.97 Å². The lowest BCUT2D eigenvalue weighted by Gasteiger charge is -2.12. The number of aliphatic hydroxyl groups excluding tert-OH is 1. The van der Waals surface area contributed by atoms with Crippen molar-refractivity contribution in [2.75, 3.05) is 18.5 Å². The average Bonchev–Trinajstić information content (AvgIpc) is 2.88. The highest BCUT2D eigenvalue weighted by atomic mass is 35.5. The van der Waals surface area contributed by atoms with Gasteiger partial charge in [0, 0.05) is 16.6 Å². The molecule has 0 amide bonds. The molecule has 0 bridgehead atoms. The Morgan fingerprint density at radius 3 is 2.81 bits per heavy atom. The van der Waals surface area contributed by atoms with Crippen LogP contribution in [0.4, 0.5) is 15.9 Å². The summed E-state index contributed by atoms with van der Waals surface area (Å²) < 4.78 is 19.1. The molecule has 9 heteroatoms. The van der Waals surface area contributed by atoms with Crippen molar-refractivity contribution in [2.24, 2.45) is 5.16 Å². The second-order valence-corrected chi connectivity index (χ2v) is 7.92. The van der Waals surface area contributed by atoms with Crippen LogP contribution in [0.25, 0.3) is 10.9 Å². The van der Waals surface area contributed by atoms with E-state index >= 15 is 0 Å². The molecule has 2 N–H and O–H groups in total. The zero-order chi connectivity index (χ0) is 25.3. The number of anilines is 2. The third kappa shape index (κ3) is 6.27. The molecule has 0 aliphatic heterocycles. The van der Waals surface area contributed by atoms with Gasteiger partial charge < -0.3 is 20.0 Å². The molecule has 1 heterocycles. The van der Waals surface area contributed by atoms with E-state index in [1.807, 2.05) is 24.3 Å². The first-order chi connectivity index (χ1) is 17.6. The molecule has 0 unspecified atom stereocenters. The lowest BCUT2D eigenvalue weighted by Crippen LogP contribution is -2.03. The van der Waals surface area contributed by atoms with Crippen LogP contribution in [-0.2, 0) is 11.4 Å². The summed E-state index contributed by atoms with van der Waals surface area (Å²) >= 11 is 6.44. The van der Waals surface area contributed by atoms with E-state index in [0.717, 1.165) is 10.9 Å². The van der Waals surface area contributed by atoms with Crippen LogP contribution < -0.4 is 10.1 Å². The van der Waals surface area contributed by atoms with Gasteiger partial charge in [-0.1, -0.05) is 34.8 Å². The molecule has 0 atom stereocenters. The third-order valence-corrected chi connectivity index (χ3v) is 5.26. The van der Waals surface area contributed by atoms with E-state index in [4.69, 9.17) is 26.3 Å². The highest BCUT2D eigenvalue weighted by Crippen LogP contribution is 2.31. The summed E-state index contributed by atoms with van der Waals surface area (Å²) in [4.78, 5) is 13.8. The molecule has 0 saturated heterocycles.